The van der Waals surface area contributed by atoms with Crippen LogP contribution in [0.3, 0.4) is 0 Å². The standard InChI is InChI=1S/C14H13F3N2O3/c15-14(16,17)8-4-5-11-9(7-8)18-13(22-11)19-6-2-1-3-10(19)12(20)21/h4-5,7,10H,1-3,6H2,(H,20,21). The fourth-order valence-electron chi connectivity index (χ4n) is 2.63. The summed E-state index contributed by atoms with van der Waals surface area (Å²) >= 11 is 0. The molecule has 22 heavy (non-hydrogen) atoms. The number of carbonyl (C=O) groups is 1. The van der Waals surface area contributed by atoms with Crippen LogP contribution in [0.25, 0.3) is 11.1 Å². The molecule has 1 saturated heterocycles. The lowest BCUT2D eigenvalue weighted by molar-refractivity contribution is -0.139. The smallest absolute Gasteiger partial charge is 0.416 e. The van der Waals surface area contributed by atoms with Gasteiger partial charge in [-0.25, -0.2) is 4.79 Å². The molecule has 0 spiro atoms. The number of alkyl halides is 3. The summed E-state index contributed by atoms with van der Waals surface area (Å²) < 4.78 is 43.5. The number of piperidine rings is 1. The topological polar surface area (TPSA) is 66.6 Å². The summed E-state index contributed by atoms with van der Waals surface area (Å²) in [6, 6.07) is 2.32. The van der Waals surface area contributed by atoms with Gasteiger partial charge >= 0.3 is 12.1 Å². The summed E-state index contributed by atoms with van der Waals surface area (Å²) in [5.41, 5.74) is -0.537. The predicted octanol–water partition coefficient (Wildman–Crippen LogP) is 3.29. The van der Waals surface area contributed by atoms with Gasteiger partial charge < -0.3 is 14.4 Å². The summed E-state index contributed by atoms with van der Waals surface area (Å²) in [7, 11) is 0. The van der Waals surface area contributed by atoms with Crippen molar-refractivity contribution in [2.75, 3.05) is 11.4 Å². The lowest BCUT2D eigenvalue weighted by Crippen LogP contribution is -2.44. The SMILES string of the molecule is O=C(O)C1CCCCN1c1nc2cc(C(F)(F)F)ccc2o1. The number of halogens is 3. The van der Waals surface area contributed by atoms with Gasteiger partial charge in [-0.15, -0.1) is 0 Å². The van der Waals surface area contributed by atoms with Crippen LogP contribution in [0, 0.1) is 0 Å². The molecule has 0 bridgehead atoms. The van der Waals surface area contributed by atoms with E-state index in [2.05, 4.69) is 4.98 Å². The monoisotopic (exact) mass is 314 g/mol. The van der Waals surface area contributed by atoms with Crippen molar-refractivity contribution in [3.8, 4) is 0 Å². The maximum Gasteiger partial charge on any atom is 0.416 e. The number of fused-ring (bicyclic) bond motifs is 1. The molecule has 2 heterocycles. The van der Waals surface area contributed by atoms with E-state index in [1.54, 1.807) is 0 Å². The quantitative estimate of drug-likeness (QED) is 0.921. The Bertz CT molecular complexity index is 711. The number of anilines is 1. The van der Waals surface area contributed by atoms with Crippen LogP contribution in [-0.2, 0) is 11.0 Å². The van der Waals surface area contributed by atoms with Crippen LogP contribution in [0.4, 0.5) is 19.2 Å². The molecule has 5 nitrogen and oxygen atoms in total. The molecule has 2 aromatic rings. The molecular weight excluding hydrogens is 301 g/mol. The third kappa shape index (κ3) is 2.60. The lowest BCUT2D eigenvalue weighted by atomic mass is 10.0. The zero-order valence-electron chi connectivity index (χ0n) is 11.4. The molecule has 118 valence electrons. The predicted molar refractivity (Wildman–Crippen MR) is 71.6 cm³/mol. The van der Waals surface area contributed by atoms with Gasteiger partial charge in [0.1, 0.15) is 11.6 Å². The van der Waals surface area contributed by atoms with Gasteiger partial charge in [0, 0.05) is 6.54 Å². The van der Waals surface area contributed by atoms with Crippen molar-refractivity contribution in [2.45, 2.75) is 31.5 Å². The highest BCUT2D eigenvalue weighted by atomic mass is 19.4. The number of nitrogens with zero attached hydrogens (tertiary/aromatic N) is 2. The zero-order valence-corrected chi connectivity index (χ0v) is 11.4. The summed E-state index contributed by atoms with van der Waals surface area (Å²) in [5, 5.41) is 9.24. The van der Waals surface area contributed by atoms with Gasteiger partial charge in [-0.1, -0.05) is 0 Å². The maximum absolute atomic E-state index is 12.7. The Morgan fingerprint density at radius 2 is 2.14 bits per heavy atom. The van der Waals surface area contributed by atoms with Crippen molar-refractivity contribution in [3.05, 3.63) is 23.8 Å². The van der Waals surface area contributed by atoms with Crippen LogP contribution in [0.5, 0.6) is 0 Å². The minimum Gasteiger partial charge on any atom is -0.480 e. The zero-order chi connectivity index (χ0) is 15.9. The molecule has 0 saturated carbocycles. The molecule has 1 unspecified atom stereocenters. The third-order valence-corrected chi connectivity index (χ3v) is 3.74. The van der Waals surface area contributed by atoms with Crippen molar-refractivity contribution < 1.29 is 27.5 Å². The molecule has 1 N–H and O–H groups in total. The fourth-order valence-corrected chi connectivity index (χ4v) is 2.63. The van der Waals surface area contributed by atoms with E-state index in [1.807, 2.05) is 0 Å². The second-order valence-corrected chi connectivity index (χ2v) is 5.22. The number of hydrogen-bond acceptors (Lipinski definition) is 4. The number of rotatable bonds is 2. The second-order valence-electron chi connectivity index (χ2n) is 5.22. The fraction of sp³-hybridized carbons (Fsp3) is 0.429. The Kier molecular flexibility index (Phi) is 3.46. The molecule has 1 aromatic carbocycles. The average molecular weight is 314 g/mol. The molecule has 0 aliphatic carbocycles. The Morgan fingerprint density at radius 3 is 2.82 bits per heavy atom. The number of oxazole rings is 1. The summed E-state index contributed by atoms with van der Waals surface area (Å²) in [4.78, 5) is 16.8. The van der Waals surface area contributed by atoms with Crippen LogP contribution < -0.4 is 4.90 Å². The Balaban J connectivity index is 1.99. The first-order chi connectivity index (χ1) is 10.4. The van der Waals surface area contributed by atoms with Gasteiger partial charge in [-0.2, -0.15) is 18.2 Å². The van der Waals surface area contributed by atoms with E-state index < -0.39 is 23.8 Å². The van der Waals surface area contributed by atoms with E-state index in [9.17, 15) is 23.1 Å². The molecular formula is C14H13F3N2O3. The number of aromatic nitrogens is 1. The highest BCUT2D eigenvalue weighted by molar-refractivity contribution is 5.79. The van der Waals surface area contributed by atoms with Crippen molar-refractivity contribution in [2.24, 2.45) is 0 Å². The first-order valence-corrected chi connectivity index (χ1v) is 6.83. The molecule has 8 heteroatoms. The van der Waals surface area contributed by atoms with Gasteiger partial charge in [-0.05, 0) is 37.5 Å². The molecule has 1 aliphatic rings. The largest absolute Gasteiger partial charge is 0.480 e. The highest BCUT2D eigenvalue weighted by Gasteiger charge is 2.33. The second kappa shape index (κ2) is 5.19. The summed E-state index contributed by atoms with van der Waals surface area (Å²) in [6.07, 6.45) is -2.42. The van der Waals surface area contributed by atoms with E-state index in [1.165, 1.54) is 11.0 Å². The molecule has 3 rings (SSSR count). The molecule has 1 fully saturated rings. The van der Waals surface area contributed by atoms with Crippen LogP contribution >= 0.6 is 0 Å². The number of aliphatic carboxylic acids is 1. The van der Waals surface area contributed by atoms with E-state index in [0.717, 1.165) is 25.0 Å². The van der Waals surface area contributed by atoms with Crippen LogP contribution in [-0.4, -0.2) is 28.6 Å². The van der Waals surface area contributed by atoms with E-state index in [4.69, 9.17) is 4.42 Å². The van der Waals surface area contributed by atoms with Crippen molar-refractivity contribution in [1.82, 2.24) is 4.98 Å². The van der Waals surface area contributed by atoms with Crippen LogP contribution in [0.15, 0.2) is 22.6 Å². The van der Waals surface area contributed by atoms with E-state index in [0.29, 0.717) is 13.0 Å². The van der Waals surface area contributed by atoms with Crippen molar-refractivity contribution in [1.29, 1.82) is 0 Å². The van der Waals surface area contributed by atoms with Gasteiger partial charge in [0.2, 0.25) is 0 Å². The Labute approximate surface area is 123 Å². The van der Waals surface area contributed by atoms with E-state index >= 15 is 0 Å². The molecule has 0 amide bonds. The van der Waals surface area contributed by atoms with Crippen molar-refractivity contribution in [3.63, 3.8) is 0 Å². The van der Waals surface area contributed by atoms with Gasteiger partial charge in [0.15, 0.2) is 5.58 Å². The number of carboxylic acid groups (broad SMARTS) is 1. The summed E-state index contributed by atoms with van der Waals surface area (Å²) in [6.45, 7) is 0.454. The third-order valence-electron chi connectivity index (χ3n) is 3.74. The first-order valence-electron chi connectivity index (χ1n) is 6.83. The normalized spacial score (nSPS) is 19.6. The van der Waals surface area contributed by atoms with Gasteiger partial charge in [0.25, 0.3) is 6.01 Å². The maximum atomic E-state index is 12.7. The van der Waals surface area contributed by atoms with Crippen molar-refractivity contribution >= 4 is 23.1 Å². The molecule has 1 aromatic heterocycles. The Hall–Kier alpha value is -2.25. The van der Waals surface area contributed by atoms with Gasteiger partial charge in [0.05, 0.1) is 5.56 Å². The molecule has 1 atom stereocenters. The average Bonchev–Trinajstić information content (AvgIpc) is 2.89. The first kappa shape index (κ1) is 14.7. The summed E-state index contributed by atoms with van der Waals surface area (Å²) in [5.74, 6) is -0.988. The van der Waals surface area contributed by atoms with Crippen LogP contribution in [0.1, 0.15) is 24.8 Å². The van der Waals surface area contributed by atoms with Crippen LogP contribution in [0.2, 0.25) is 0 Å². The minimum atomic E-state index is -4.46. The number of carboxylic acids is 1. The Morgan fingerprint density at radius 1 is 1.36 bits per heavy atom. The van der Waals surface area contributed by atoms with Gasteiger partial charge in [-0.3, -0.25) is 0 Å². The highest BCUT2D eigenvalue weighted by Crippen LogP contribution is 2.33. The van der Waals surface area contributed by atoms with E-state index in [-0.39, 0.29) is 17.1 Å². The molecule has 0 radical (unpaired) electrons. The molecule has 1 aliphatic heterocycles. The minimum absolute atomic E-state index is 0.0569. The number of benzene rings is 1. The number of hydrogen-bond donors (Lipinski definition) is 1. The lowest BCUT2D eigenvalue weighted by Gasteiger charge is -2.31.